The van der Waals surface area contributed by atoms with E-state index in [2.05, 4.69) is 10.3 Å². The van der Waals surface area contributed by atoms with Gasteiger partial charge in [-0.25, -0.2) is 4.79 Å². The van der Waals surface area contributed by atoms with Gasteiger partial charge in [0, 0.05) is 18.1 Å². The number of esters is 1. The molecule has 2 aliphatic rings. The van der Waals surface area contributed by atoms with Crippen molar-refractivity contribution in [3.05, 3.63) is 63.9 Å². The first-order valence-electron chi connectivity index (χ1n) is 8.16. The van der Waals surface area contributed by atoms with Crippen LogP contribution in [0.3, 0.4) is 0 Å². The molecule has 3 N–H and O–H groups in total. The monoisotopic (exact) mass is 369 g/mol. The Morgan fingerprint density at radius 3 is 2.73 bits per heavy atom. The molecule has 1 amide bonds. The number of aliphatic imine (C=N–C) groups is 1. The number of ether oxygens (including phenoxy) is 1. The van der Waals surface area contributed by atoms with Crippen molar-refractivity contribution in [1.29, 1.82) is 0 Å². The normalized spacial score (nSPS) is 18.6. The SMILES string of the molecule is CCOC(=O)C1=CN=CC2SC(C(=O)Nc3ccc(C)cc3)=C(N)C2=C1. The fourth-order valence-electron chi connectivity index (χ4n) is 2.54. The third kappa shape index (κ3) is 3.72. The van der Waals surface area contributed by atoms with Gasteiger partial charge in [-0.05, 0) is 37.6 Å². The summed E-state index contributed by atoms with van der Waals surface area (Å²) in [6, 6.07) is 7.52. The Labute approximate surface area is 155 Å². The van der Waals surface area contributed by atoms with Gasteiger partial charge in [0.2, 0.25) is 0 Å². The van der Waals surface area contributed by atoms with Crippen LogP contribution in [0.1, 0.15) is 12.5 Å². The molecule has 2 heterocycles. The molecule has 1 atom stereocenters. The van der Waals surface area contributed by atoms with E-state index in [9.17, 15) is 9.59 Å². The molecular formula is C19H19N3O3S. The Kier molecular flexibility index (Phi) is 5.27. The van der Waals surface area contributed by atoms with Crippen LogP contribution in [0.2, 0.25) is 0 Å². The van der Waals surface area contributed by atoms with E-state index in [1.165, 1.54) is 18.0 Å². The topological polar surface area (TPSA) is 93.8 Å². The molecule has 0 radical (unpaired) electrons. The molecule has 0 spiro atoms. The maximum absolute atomic E-state index is 12.6. The molecule has 0 aromatic heterocycles. The highest BCUT2D eigenvalue weighted by Crippen LogP contribution is 2.40. The Balaban J connectivity index is 1.84. The molecule has 1 aromatic carbocycles. The van der Waals surface area contributed by atoms with E-state index in [-0.39, 0.29) is 17.8 Å². The van der Waals surface area contributed by atoms with E-state index >= 15 is 0 Å². The molecule has 1 aromatic rings. The van der Waals surface area contributed by atoms with Gasteiger partial charge in [-0.15, -0.1) is 11.8 Å². The van der Waals surface area contributed by atoms with Gasteiger partial charge in [-0.1, -0.05) is 17.7 Å². The van der Waals surface area contributed by atoms with Crippen LogP contribution < -0.4 is 11.1 Å². The first kappa shape index (κ1) is 18.0. The van der Waals surface area contributed by atoms with E-state index in [0.717, 1.165) is 5.56 Å². The van der Waals surface area contributed by atoms with Gasteiger partial charge in [0.1, 0.15) is 0 Å². The average Bonchev–Trinajstić information content (AvgIpc) is 2.80. The van der Waals surface area contributed by atoms with Crippen LogP contribution in [0.25, 0.3) is 0 Å². The number of fused-ring (bicyclic) bond motifs is 1. The first-order chi connectivity index (χ1) is 12.5. The van der Waals surface area contributed by atoms with Crippen molar-refractivity contribution in [2.45, 2.75) is 19.1 Å². The number of nitrogens with one attached hydrogen (secondary N) is 1. The minimum absolute atomic E-state index is 0.211. The van der Waals surface area contributed by atoms with Crippen LogP contribution in [0.4, 0.5) is 5.69 Å². The van der Waals surface area contributed by atoms with Gasteiger partial charge in [-0.3, -0.25) is 9.79 Å². The third-order valence-corrected chi connectivity index (χ3v) is 5.15. The van der Waals surface area contributed by atoms with Crippen molar-refractivity contribution in [3.63, 3.8) is 0 Å². The lowest BCUT2D eigenvalue weighted by Gasteiger charge is -2.06. The lowest BCUT2D eigenvalue weighted by atomic mass is 10.1. The number of thioether (sulfide) groups is 1. The highest BCUT2D eigenvalue weighted by molar-refractivity contribution is 8.05. The number of carbonyl (C=O) groups is 2. The van der Waals surface area contributed by atoms with Crippen LogP contribution in [-0.4, -0.2) is 29.9 Å². The van der Waals surface area contributed by atoms with E-state index in [1.807, 2.05) is 31.2 Å². The van der Waals surface area contributed by atoms with Gasteiger partial charge < -0.3 is 15.8 Å². The Hall–Kier alpha value is -2.80. The molecule has 0 saturated heterocycles. The molecule has 26 heavy (non-hydrogen) atoms. The Bertz CT molecular complexity index is 867. The van der Waals surface area contributed by atoms with Crippen molar-refractivity contribution < 1.29 is 14.3 Å². The number of benzene rings is 1. The van der Waals surface area contributed by atoms with E-state index < -0.39 is 5.97 Å². The smallest absolute Gasteiger partial charge is 0.339 e. The van der Waals surface area contributed by atoms with Gasteiger partial charge in [0.05, 0.1) is 28.0 Å². The predicted molar refractivity (Wildman–Crippen MR) is 104 cm³/mol. The fourth-order valence-corrected chi connectivity index (χ4v) is 3.65. The second kappa shape index (κ2) is 7.61. The number of aryl methyl sites for hydroxylation is 1. The van der Waals surface area contributed by atoms with Crippen LogP contribution >= 0.6 is 11.8 Å². The number of amides is 1. The molecular weight excluding hydrogens is 350 g/mol. The largest absolute Gasteiger partial charge is 0.462 e. The minimum Gasteiger partial charge on any atom is -0.462 e. The molecule has 134 valence electrons. The van der Waals surface area contributed by atoms with Crippen molar-refractivity contribution in [2.75, 3.05) is 11.9 Å². The zero-order valence-corrected chi connectivity index (χ0v) is 15.3. The molecule has 0 bridgehead atoms. The molecule has 2 aliphatic heterocycles. The number of rotatable bonds is 4. The summed E-state index contributed by atoms with van der Waals surface area (Å²) in [5.41, 5.74) is 9.36. The quantitative estimate of drug-likeness (QED) is 0.796. The zero-order chi connectivity index (χ0) is 18.7. The zero-order valence-electron chi connectivity index (χ0n) is 14.5. The first-order valence-corrected chi connectivity index (χ1v) is 9.04. The van der Waals surface area contributed by atoms with Gasteiger partial charge in [0.15, 0.2) is 0 Å². The van der Waals surface area contributed by atoms with Crippen molar-refractivity contribution in [2.24, 2.45) is 10.7 Å². The molecule has 0 fully saturated rings. The van der Waals surface area contributed by atoms with E-state index in [1.54, 1.807) is 19.2 Å². The second-order valence-corrected chi connectivity index (χ2v) is 6.96. The van der Waals surface area contributed by atoms with Crippen molar-refractivity contribution >= 4 is 35.5 Å². The summed E-state index contributed by atoms with van der Waals surface area (Å²) in [5.74, 6) is -0.742. The van der Waals surface area contributed by atoms with Gasteiger partial charge in [-0.2, -0.15) is 0 Å². The summed E-state index contributed by atoms with van der Waals surface area (Å²) >= 11 is 1.31. The van der Waals surface area contributed by atoms with Crippen LogP contribution in [0.15, 0.2) is 63.3 Å². The maximum atomic E-state index is 12.6. The van der Waals surface area contributed by atoms with Crippen LogP contribution in [-0.2, 0) is 14.3 Å². The van der Waals surface area contributed by atoms with Gasteiger partial charge in [0.25, 0.3) is 5.91 Å². The lowest BCUT2D eigenvalue weighted by molar-refractivity contribution is -0.138. The Morgan fingerprint density at radius 2 is 2.04 bits per heavy atom. The highest BCUT2D eigenvalue weighted by atomic mass is 32.2. The number of hydrogen-bond donors (Lipinski definition) is 2. The fraction of sp³-hybridized carbons (Fsp3) is 0.211. The summed E-state index contributed by atoms with van der Waals surface area (Å²) < 4.78 is 5.01. The molecule has 0 saturated carbocycles. The summed E-state index contributed by atoms with van der Waals surface area (Å²) in [5, 5.41) is 2.63. The van der Waals surface area contributed by atoms with Gasteiger partial charge >= 0.3 is 5.97 Å². The Morgan fingerprint density at radius 1 is 1.31 bits per heavy atom. The number of nitrogens with two attached hydrogens (primary N) is 1. The van der Waals surface area contributed by atoms with E-state index in [0.29, 0.717) is 27.4 Å². The van der Waals surface area contributed by atoms with E-state index in [4.69, 9.17) is 10.5 Å². The second-order valence-electron chi connectivity index (χ2n) is 5.80. The summed E-state index contributed by atoms with van der Waals surface area (Å²) in [6.45, 7) is 3.99. The predicted octanol–water partition coefficient (Wildman–Crippen LogP) is 2.68. The van der Waals surface area contributed by atoms with Crippen LogP contribution in [0.5, 0.6) is 0 Å². The van der Waals surface area contributed by atoms with Crippen molar-refractivity contribution in [1.82, 2.24) is 0 Å². The molecule has 3 rings (SSSR count). The summed E-state index contributed by atoms with van der Waals surface area (Å²) in [4.78, 5) is 29.1. The molecule has 1 unspecified atom stereocenters. The number of allylic oxidation sites excluding steroid dienone is 1. The lowest BCUT2D eigenvalue weighted by Crippen LogP contribution is -2.15. The molecule has 7 heteroatoms. The summed E-state index contributed by atoms with van der Waals surface area (Å²) in [7, 11) is 0. The third-order valence-electron chi connectivity index (χ3n) is 3.88. The summed E-state index contributed by atoms with van der Waals surface area (Å²) in [6.07, 6.45) is 4.76. The van der Waals surface area contributed by atoms with Crippen LogP contribution in [0, 0.1) is 6.92 Å². The maximum Gasteiger partial charge on any atom is 0.339 e. The molecule has 6 nitrogen and oxygen atoms in total. The standard InChI is InChI=1S/C19H19N3O3S/c1-3-25-19(24)12-8-14-15(10-21-9-12)26-17(16(14)20)18(23)22-13-6-4-11(2)5-7-13/h4-10,15H,3,20H2,1-2H3,(H,22,23). The van der Waals surface area contributed by atoms with Crippen molar-refractivity contribution in [3.8, 4) is 0 Å². The minimum atomic E-state index is -0.465. The number of nitrogens with zero attached hydrogens (tertiary/aromatic N) is 1. The molecule has 0 aliphatic carbocycles. The number of carbonyl (C=O) groups excluding carboxylic acids is 2. The average molecular weight is 369 g/mol. The highest BCUT2D eigenvalue weighted by Gasteiger charge is 2.33. The number of hydrogen-bond acceptors (Lipinski definition) is 6. The number of anilines is 1.